The van der Waals surface area contributed by atoms with E-state index in [0.717, 1.165) is 5.69 Å². The van der Waals surface area contributed by atoms with Gasteiger partial charge in [0.2, 0.25) is 0 Å². The number of anilines is 2. The summed E-state index contributed by atoms with van der Waals surface area (Å²) in [7, 11) is 0. The molecule has 1 aliphatic carbocycles. The van der Waals surface area contributed by atoms with Crippen LogP contribution in [0.15, 0.2) is 16.8 Å². The predicted molar refractivity (Wildman–Crippen MR) is 57.5 cm³/mol. The molecule has 1 heterocycles. The van der Waals surface area contributed by atoms with E-state index in [9.17, 15) is 0 Å². The number of nitrogens with zero attached hydrogens (tertiary/aromatic N) is 2. The van der Waals surface area contributed by atoms with Gasteiger partial charge in [-0.3, -0.25) is 0 Å². The third-order valence-electron chi connectivity index (χ3n) is 2.88. The van der Waals surface area contributed by atoms with Crippen LogP contribution in [0, 0.1) is 0 Å². The zero-order valence-corrected chi connectivity index (χ0v) is 8.45. The standard InChI is InChI=1S/C10H12N4O/c1-10(4-5-10)12-7-3-2-6(11)8-9(7)14-15-13-8/h2-3,12H,4-5,11H2,1H3. The number of benzene rings is 1. The molecule has 2 aromatic rings. The Kier molecular flexibility index (Phi) is 1.49. The van der Waals surface area contributed by atoms with Crippen LogP contribution in [0.5, 0.6) is 0 Å². The number of nitrogens with one attached hydrogen (secondary N) is 1. The SMILES string of the molecule is CC1(Nc2ccc(N)c3nonc23)CC1. The molecule has 0 amide bonds. The van der Waals surface area contributed by atoms with Crippen molar-refractivity contribution >= 4 is 22.4 Å². The Hall–Kier alpha value is -1.78. The van der Waals surface area contributed by atoms with Crippen molar-refractivity contribution in [1.29, 1.82) is 0 Å². The molecule has 5 heteroatoms. The molecular formula is C10H12N4O. The van der Waals surface area contributed by atoms with Crippen molar-refractivity contribution in [2.45, 2.75) is 25.3 Å². The molecule has 0 bridgehead atoms. The Morgan fingerprint density at radius 2 is 2.07 bits per heavy atom. The molecular weight excluding hydrogens is 192 g/mol. The van der Waals surface area contributed by atoms with Crippen LogP contribution in [-0.4, -0.2) is 15.9 Å². The molecule has 0 radical (unpaired) electrons. The molecule has 1 aromatic heterocycles. The van der Waals surface area contributed by atoms with Gasteiger partial charge in [0.15, 0.2) is 11.0 Å². The van der Waals surface area contributed by atoms with E-state index in [1.165, 1.54) is 12.8 Å². The lowest BCUT2D eigenvalue weighted by Crippen LogP contribution is -2.16. The number of aromatic nitrogens is 2. The second kappa shape index (κ2) is 2.62. The normalized spacial score (nSPS) is 17.9. The van der Waals surface area contributed by atoms with Crippen LogP contribution in [-0.2, 0) is 0 Å². The van der Waals surface area contributed by atoms with E-state index in [-0.39, 0.29) is 5.54 Å². The Balaban J connectivity index is 2.10. The molecule has 0 atom stereocenters. The first-order chi connectivity index (χ1) is 7.18. The number of nitrogen functional groups attached to an aromatic ring is 1. The maximum Gasteiger partial charge on any atom is 0.160 e. The van der Waals surface area contributed by atoms with Crippen LogP contribution in [0.25, 0.3) is 11.0 Å². The quantitative estimate of drug-likeness (QED) is 0.729. The predicted octanol–water partition coefficient (Wildman–Crippen LogP) is 1.77. The molecule has 0 unspecified atom stereocenters. The van der Waals surface area contributed by atoms with Crippen molar-refractivity contribution in [1.82, 2.24) is 10.3 Å². The van der Waals surface area contributed by atoms with Crippen molar-refractivity contribution in [3.63, 3.8) is 0 Å². The summed E-state index contributed by atoms with van der Waals surface area (Å²) in [5.41, 5.74) is 8.85. The van der Waals surface area contributed by atoms with Gasteiger partial charge in [-0.1, -0.05) is 0 Å². The molecule has 5 nitrogen and oxygen atoms in total. The summed E-state index contributed by atoms with van der Waals surface area (Å²) in [6.07, 6.45) is 2.37. The van der Waals surface area contributed by atoms with Crippen molar-refractivity contribution in [2.24, 2.45) is 0 Å². The molecule has 1 aromatic carbocycles. The molecule has 1 aliphatic rings. The largest absolute Gasteiger partial charge is 0.397 e. The lowest BCUT2D eigenvalue weighted by molar-refractivity contribution is 0.315. The molecule has 0 aliphatic heterocycles. The molecule has 1 fully saturated rings. The van der Waals surface area contributed by atoms with Crippen LogP contribution in [0.4, 0.5) is 11.4 Å². The monoisotopic (exact) mass is 204 g/mol. The fourth-order valence-electron chi connectivity index (χ4n) is 1.62. The molecule has 3 rings (SSSR count). The Labute approximate surface area is 86.6 Å². The molecule has 0 saturated heterocycles. The van der Waals surface area contributed by atoms with Gasteiger partial charge in [0.25, 0.3) is 0 Å². The smallest absolute Gasteiger partial charge is 0.160 e. The number of rotatable bonds is 2. The topological polar surface area (TPSA) is 77.0 Å². The average Bonchev–Trinajstić information content (AvgIpc) is 2.77. The van der Waals surface area contributed by atoms with Gasteiger partial charge < -0.3 is 11.1 Å². The average molecular weight is 204 g/mol. The maximum absolute atomic E-state index is 5.76. The van der Waals surface area contributed by atoms with Crippen LogP contribution in [0.1, 0.15) is 19.8 Å². The minimum absolute atomic E-state index is 0.210. The van der Waals surface area contributed by atoms with Crippen LogP contribution >= 0.6 is 0 Å². The van der Waals surface area contributed by atoms with E-state index in [2.05, 4.69) is 22.6 Å². The molecule has 3 N–H and O–H groups in total. The van der Waals surface area contributed by atoms with Crippen LogP contribution in [0.3, 0.4) is 0 Å². The van der Waals surface area contributed by atoms with E-state index in [0.29, 0.717) is 16.7 Å². The van der Waals surface area contributed by atoms with E-state index < -0.39 is 0 Å². The third-order valence-corrected chi connectivity index (χ3v) is 2.88. The van der Waals surface area contributed by atoms with Gasteiger partial charge in [0, 0.05) is 5.54 Å². The highest BCUT2D eigenvalue weighted by Gasteiger charge is 2.37. The summed E-state index contributed by atoms with van der Waals surface area (Å²) in [6, 6.07) is 3.74. The number of hydrogen-bond donors (Lipinski definition) is 2. The van der Waals surface area contributed by atoms with Gasteiger partial charge in [-0.25, -0.2) is 4.63 Å². The highest BCUT2D eigenvalue weighted by molar-refractivity contribution is 5.95. The summed E-state index contributed by atoms with van der Waals surface area (Å²) >= 11 is 0. The van der Waals surface area contributed by atoms with E-state index >= 15 is 0 Å². The first-order valence-electron chi connectivity index (χ1n) is 4.97. The Morgan fingerprint density at radius 1 is 1.33 bits per heavy atom. The third kappa shape index (κ3) is 1.31. The number of nitrogens with two attached hydrogens (primary N) is 1. The summed E-state index contributed by atoms with van der Waals surface area (Å²) in [6.45, 7) is 2.18. The molecule has 0 spiro atoms. The van der Waals surface area contributed by atoms with Gasteiger partial charge in [-0.05, 0) is 42.2 Å². The number of fused-ring (bicyclic) bond motifs is 1. The minimum Gasteiger partial charge on any atom is -0.397 e. The van der Waals surface area contributed by atoms with Gasteiger partial charge in [-0.15, -0.1) is 0 Å². The van der Waals surface area contributed by atoms with Crippen molar-refractivity contribution in [3.05, 3.63) is 12.1 Å². The highest BCUT2D eigenvalue weighted by atomic mass is 16.6. The lowest BCUT2D eigenvalue weighted by atomic mass is 10.2. The van der Waals surface area contributed by atoms with Crippen LogP contribution in [0.2, 0.25) is 0 Å². The highest BCUT2D eigenvalue weighted by Crippen LogP contribution is 2.39. The van der Waals surface area contributed by atoms with Gasteiger partial charge in [-0.2, -0.15) is 0 Å². The maximum atomic E-state index is 5.76. The fraction of sp³-hybridized carbons (Fsp3) is 0.400. The second-order valence-electron chi connectivity index (χ2n) is 4.35. The van der Waals surface area contributed by atoms with Crippen LogP contribution < -0.4 is 11.1 Å². The molecule has 1 saturated carbocycles. The van der Waals surface area contributed by atoms with Crippen molar-refractivity contribution < 1.29 is 4.63 Å². The summed E-state index contributed by atoms with van der Waals surface area (Å²) in [4.78, 5) is 0. The zero-order valence-electron chi connectivity index (χ0n) is 8.45. The molecule has 78 valence electrons. The van der Waals surface area contributed by atoms with Gasteiger partial charge >= 0.3 is 0 Å². The molecule has 15 heavy (non-hydrogen) atoms. The Bertz CT molecular complexity index is 515. The first-order valence-corrected chi connectivity index (χ1v) is 4.97. The van der Waals surface area contributed by atoms with E-state index in [1.807, 2.05) is 12.1 Å². The second-order valence-corrected chi connectivity index (χ2v) is 4.35. The summed E-state index contributed by atoms with van der Waals surface area (Å²) in [5.74, 6) is 0. The summed E-state index contributed by atoms with van der Waals surface area (Å²) in [5, 5.41) is 11.1. The van der Waals surface area contributed by atoms with E-state index in [4.69, 9.17) is 10.4 Å². The Morgan fingerprint density at radius 3 is 2.80 bits per heavy atom. The number of hydrogen-bond acceptors (Lipinski definition) is 5. The minimum atomic E-state index is 0.210. The van der Waals surface area contributed by atoms with Gasteiger partial charge in [0.1, 0.15) is 0 Å². The zero-order chi connectivity index (χ0) is 10.5. The first kappa shape index (κ1) is 8.52. The fourth-order valence-corrected chi connectivity index (χ4v) is 1.62. The lowest BCUT2D eigenvalue weighted by Gasteiger charge is -2.12. The van der Waals surface area contributed by atoms with E-state index in [1.54, 1.807) is 0 Å². The van der Waals surface area contributed by atoms with Gasteiger partial charge in [0.05, 0.1) is 11.4 Å². The summed E-state index contributed by atoms with van der Waals surface area (Å²) < 4.78 is 4.70. The van der Waals surface area contributed by atoms with Crippen molar-refractivity contribution in [2.75, 3.05) is 11.1 Å². The van der Waals surface area contributed by atoms with Crippen molar-refractivity contribution in [3.8, 4) is 0 Å².